The number of hydrogen-bond donors (Lipinski definition) is 2. The highest BCUT2D eigenvalue weighted by atomic mass is 32.2. The van der Waals surface area contributed by atoms with Crippen LogP contribution < -0.4 is 15.2 Å². The molecule has 0 aliphatic carbocycles. The van der Waals surface area contributed by atoms with E-state index in [4.69, 9.17) is 10.5 Å². The van der Waals surface area contributed by atoms with Crippen molar-refractivity contribution >= 4 is 11.9 Å². The molecule has 0 unspecified atom stereocenters. The van der Waals surface area contributed by atoms with E-state index in [2.05, 4.69) is 25.5 Å². The molecule has 0 aromatic heterocycles. The van der Waals surface area contributed by atoms with Crippen molar-refractivity contribution in [3.63, 3.8) is 0 Å². The van der Waals surface area contributed by atoms with Crippen LogP contribution in [0.5, 0.6) is 5.75 Å². The highest BCUT2D eigenvalue weighted by molar-refractivity contribution is 7.98. The summed E-state index contributed by atoms with van der Waals surface area (Å²) in [7, 11) is 0. The van der Waals surface area contributed by atoms with Crippen molar-refractivity contribution in [2.24, 2.45) is 5.73 Å². The smallest absolute Gasteiger partial charge is 0.272 e. The lowest BCUT2D eigenvalue weighted by atomic mass is 10.1. The van der Waals surface area contributed by atoms with E-state index < -0.39 is 13.0 Å². The average Bonchev–Trinajstić information content (AvgIpc) is 2.41. The summed E-state index contributed by atoms with van der Waals surface area (Å²) in [6.07, 6.45) is -2.48. The predicted molar refractivity (Wildman–Crippen MR) is 84.7 cm³/mol. The molecular weight excluding hydrogens is 294 g/mol. The molecule has 0 saturated carbocycles. The van der Waals surface area contributed by atoms with Crippen LogP contribution in [0.2, 0.25) is 0 Å². The molecule has 0 heterocycles. The number of nitrogens with two attached hydrogens (primary N) is 1. The third-order valence-corrected chi connectivity index (χ3v) is 3.73. The van der Waals surface area contributed by atoms with Crippen LogP contribution in [0.3, 0.4) is 0 Å². The third-order valence-electron chi connectivity index (χ3n) is 2.64. The van der Waals surface area contributed by atoms with E-state index in [1.54, 1.807) is 24.1 Å². The van der Waals surface area contributed by atoms with Gasteiger partial charge in [-0.15, -0.1) is 0 Å². The van der Waals surface area contributed by atoms with Crippen LogP contribution >= 0.6 is 11.9 Å². The zero-order valence-electron chi connectivity index (χ0n) is 13.0. The second kappa shape index (κ2) is 7.96. The van der Waals surface area contributed by atoms with E-state index in [9.17, 15) is 8.78 Å². The zero-order valence-corrected chi connectivity index (χ0v) is 13.8. The van der Waals surface area contributed by atoms with E-state index in [0.29, 0.717) is 12.3 Å². The Labute approximate surface area is 129 Å². The Bertz CT molecular complexity index is 450. The molecule has 1 aromatic rings. The van der Waals surface area contributed by atoms with Crippen LogP contribution in [0, 0.1) is 0 Å². The molecule has 1 atom stereocenters. The lowest BCUT2D eigenvalue weighted by Gasteiger charge is -2.22. The molecule has 1 aromatic carbocycles. The first-order chi connectivity index (χ1) is 9.71. The van der Waals surface area contributed by atoms with Crippen molar-refractivity contribution in [3.05, 3.63) is 29.3 Å². The summed E-state index contributed by atoms with van der Waals surface area (Å²) in [5.41, 5.74) is 7.50. The molecule has 120 valence electrons. The van der Waals surface area contributed by atoms with Gasteiger partial charge in [-0.1, -0.05) is 18.0 Å². The second-order valence-corrected chi connectivity index (χ2v) is 7.54. The molecule has 0 spiro atoms. The molecular formula is C15H24F2N2OS. The summed E-state index contributed by atoms with van der Waals surface area (Å²) in [4.78, 5) is 0. The molecule has 6 heteroatoms. The number of alkyl halides is 2. The Kier molecular flexibility index (Phi) is 6.90. The van der Waals surface area contributed by atoms with Crippen LogP contribution in [-0.4, -0.2) is 17.8 Å². The standard InChI is InChI=1S/C15H24F2N2OS/c1-10(19-21-15(2,3)4)12-5-11(8-18)6-13(7-12)20-9-14(16)17/h5-7,10,14,19H,8-9,18H2,1-4H3/t10-/m1/s1. The molecule has 3 N–H and O–H groups in total. The fourth-order valence-electron chi connectivity index (χ4n) is 1.63. The molecule has 0 fully saturated rings. The Balaban J connectivity index is 2.82. The number of nitrogens with one attached hydrogen (secondary N) is 1. The van der Waals surface area contributed by atoms with Gasteiger partial charge in [0, 0.05) is 17.3 Å². The lowest BCUT2D eigenvalue weighted by molar-refractivity contribution is 0.0818. The van der Waals surface area contributed by atoms with Crippen molar-refractivity contribution in [3.8, 4) is 5.75 Å². The SMILES string of the molecule is C[C@@H](NSC(C)(C)C)c1cc(CN)cc(OCC(F)F)c1. The van der Waals surface area contributed by atoms with E-state index in [1.165, 1.54) is 0 Å². The summed E-state index contributed by atoms with van der Waals surface area (Å²) in [6, 6.07) is 5.52. The van der Waals surface area contributed by atoms with Gasteiger partial charge in [0.1, 0.15) is 12.4 Å². The fraction of sp³-hybridized carbons (Fsp3) is 0.600. The molecule has 1 rings (SSSR count). The summed E-state index contributed by atoms with van der Waals surface area (Å²) in [5.74, 6) is 0.433. The van der Waals surface area contributed by atoms with Gasteiger partial charge in [0.25, 0.3) is 6.43 Å². The molecule has 0 aliphatic heterocycles. The Morgan fingerprint density at radius 3 is 2.48 bits per heavy atom. The first-order valence-corrected chi connectivity index (χ1v) is 7.71. The monoisotopic (exact) mass is 318 g/mol. The van der Waals surface area contributed by atoms with Crippen LogP contribution in [0.1, 0.15) is 44.9 Å². The van der Waals surface area contributed by atoms with Gasteiger partial charge in [-0.05, 0) is 51.0 Å². The Hall–Kier alpha value is -0.850. The fourth-order valence-corrected chi connectivity index (χ4v) is 2.30. The largest absolute Gasteiger partial charge is 0.488 e. The molecule has 0 radical (unpaired) electrons. The van der Waals surface area contributed by atoms with Crippen LogP contribution in [0.4, 0.5) is 8.78 Å². The topological polar surface area (TPSA) is 47.3 Å². The zero-order chi connectivity index (χ0) is 16.0. The first-order valence-electron chi connectivity index (χ1n) is 6.89. The van der Waals surface area contributed by atoms with E-state index >= 15 is 0 Å². The minimum Gasteiger partial charge on any atom is -0.488 e. The average molecular weight is 318 g/mol. The highest BCUT2D eigenvalue weighted by Crippen LogP contribution is 2.27. The minimum absolute atomic E-state index is 0.0645. The van der Waals surface area contributed by atoms with E-state index in [-0.39, 0.29) is 10.8 Å². The van der Waals surface area contributed by atoms with Crippen molar-refractivity contribution in [1.82, 2.24) is 4.72 Å². The van der Waals surface area contributed by atoms with Gasteiger partial charge >= 0.3 is 0 Å². The second-order valence-electron chi connectivity index (χ2n) is 5.87. The van der Waals surface area contributed by atoms with E-state index in [1.807, 2.05) is 13.0 Å². The maximum absolute atomic E-state index is 12.2. The number of rotatable bonds is 7. The number of hydrogen-bond acceptors (Lipinski definition) is 4. The van der Waals surface area contributed by atoms with Crippen molar-refractivity contribution in [1.29, 1.82) is 0 Å². The van der Waals surface area contributed by atoms with Crippen LogP contribution in [0.15, 0.2) is 18.2 Å². The highest BCUT2D eigenvalue weighted by Gasteiger charge is 2.15. The quantitative estimate of drug-likeness (QED) is 0.749. The molecule has 0 amide bonds. The third kappa shape index (κ3) is 7.11. The summed E-state index contributed by atoms with van der Waals surface area (Å²) < 4.78 is 33.0. The number of benzene rings is 1. The molecule has 0 bridgehead atoms. The Morgan fingerprint density at radius 1 is 1.29 bits per heavy atom. The van der Waals surface area contributed by atoms with Crippen molar-refractivity contribution < 1.29 is 13.5 Å². The van der Waals surface area contributed by atoms with Gasteiger partial charge in [0.05, 0.1) is 0 Å². The number of halogens is 2. The van der Waals surface area contributed by atoms with Crippen LogP contribution in [0.25, 0.3) is 0 Å². The van der Waals surface area contributed by atoms with Gasteiger partial charge in [-0.2, -0.15) is 0 Å². The normalized spacial score (nSPS) is 13.5. The lowest BCUT2D eigenvalue weighted by Crippen LogP contribution is -2.20. The van der Waals surface area contributed by atoms with Crippen molar-refractivity contribution in [2.75, 3.05) is 6.61 Å². The molecule has 21 heavy (non-hydrogen) atoms. The van der Waals surface area contributed by atoms with Gasteiger partial charge < -0.3 is 10.5 Å². The maximum atomic E-state index is 12.2. The van der Waals surface area contributed by atoms with Gasteiger partial charge in [-0.25, -0.2) is 8.78 Å². The van der Waals surface area contributed by atoms with Gasteiger partial charge in [-0.3, -0.25) is 4.72 Å². The van der Waals surface area contributed by atoms with Gasteiger partial charge in [0.15, 0.2) is 0 Å². The summed E-state index contributed by atoms with van der Waals surface area (Å²) in [6.45, 7) is 8.11. The van der Waals surface area contributed by atoms with Gasteiger partial charge in [0.2, 0.25) is 0 Å². The van der Waals surface area contributed by atoms with E-state index in [0.717, 1.165) is 11.1 Å². The predicted octanol–water partition coefficient (Wildman–Crippen LogP) is 3.89. The molecule has 3 nitrogen and oxygen atoms in total. The summed E-state index contributed by atoms with van der Waals surface area (Å²) in [5, 5.41) is 0. The first kappa shape index (κ1) is 18.2. The number of ether oxygens (including phenoxy) is 1. The Morgan fingerprint density at radius 2 is 1.95 bits per heavy atom. The minimum atomic E-state index is -2.48. The molecule has 0 aliphatic rings. The maximum Gasteiger partial charge on any atom is 0.272 e. The molecule has 0 saturated heterocycles. The summed E-state index contributed by atoms with van der Waals surface area (Å²) >= 11 is 1.63. The van der Waals surface area contributed by atoms with Crippen molar-refractivity contribution in [2.45, 2.75) is 51.5 Å². The van der Waals surface area contributed by atoms with Crippen LogP contribution in [-0.2, 0) is 6.54 Å².